The Labute approximate surface area is 333 Å². The van der Waals surface area contributed by atoms with Crippen LogP contribution < -0.4 is 0 Å². The number of para-hydroxylation sites is 3. The zero-order chi connectivity index (χ0) is 38.2. The topological polar surface area (TPSA) is 48.5 Å². The van der Waals surface area contributed by atoms with Crippen LogP contribution in [0.5, 0.6) is 0 Å². The molecule has 3 aromatic heterocycles. The molecule has 0 spiro atoms. The Morgan fingerprint density at radius 3 is 1.52 bits per heavy atom. The molecule has 9 aromatic carbocycles. The van der Waals surface area contributed by atoms with E-state index >= 15 is 0 Å². The van der Waals surface area contributed by atoms with Crippen LogP contribution in [0.25, 0.3) is 111 Å². The van der Waals surface area contributed by atoms with Gasteiger partial charge in [-0.05, 0) is 88.3 Å². The van der Waals surface area contributed by atoms with E-state index in [9.17, 15) is 0 Å². The van der Waals surface area contributed by atoms with Gasteiger partial charge in [0.05, 0.1) is 22.1 Å². The van der Waals surface area contributed by atoms with Crippen molar-refractivity contribution in [3.8, 4) is 45.5 Å². The highest BCUT2D eigenvalue weighted by molar-refractivity contribution is 6.14. The van der Waals surface area contributed by atoms with Crippen molar-refractivity contribution >= 4 is 65.2 Å². The molecule has 0 amide bonds. The number of hydrogen-bond acceptors (Lipinski definition) is 3. The minimum atomic E-state index is 0.622. The first-order valence-electron chi connectivity index (χ1n) is 19.6. The first-order valence-corrected chi connectivity index (χ1v) is 19.6. The van der Waals surface area contributed by atoms with Gasteiger partial charge in [0.15, 0.2) is 17.5 Å². The maximum Gasteiger partial charge on any atom is 0.164 e. The fourth-order valence-corrected chi connectivity index (χ4v) is 8.83. The minimum Gasteiger partial charge on any atom is -0.309 e. The van der Waals surface area contributed by atoms with Crippen molar-refractivity contribution in [1.82, 2.24) is 24.1 Å². The molecule has 5 heteroatoms. The van der Waals surface area contributed by atoms with Gasteiger partial charge in [-0.2, -0.15) is 0 Å². The third kappa shape index (κ3) is 5.07. The van der Waals surface area contributed by atoms with E-state index < -0.39 is 0 Å². The molecule has 58 heavy (non-hydrogen) atoms. The van der Waals surface area contributed by atoms with E-state index in [1.54, 1.807) is 0 Å². The Hall–Kier alpha value is -7.89. The normalized spacial score (nSPS) is 11.8. The second-order valence-corrected chi connectivity index (χ2v) is 14.9. The lowest BCUT2D eigenvalue weighted by molar-refractivity contribution is 1.07. The summed E-state index contributed by atoms with van der Waals surface area (Å²) in [7, 11) is 0. The Morgan fingerprint density at radius 2 is 0.776 bits per heavy atom. The van der Waals surface area contributed by atoms with Crippen LogP contribution >= 0.6 is 0 Å². The monoisotopic (exact) mass is 739 g/mol. The summed E-state index contributed by atoms with van der Waals surface area (Å²) in [5.74, 6) is 1.88. The van der Waals surface area contributed by atoms with Crippen LogP contribution in [0.3, 0.4) is 0 Å². The van der Waals surface area contributed by atoms with E-state index in [-0.39, 0.29) is 0 Å². The third-order valence-electron chi connectivity index (χ3n) is 11.5. The number of rotatable bonds is 5. The lowest BCUT2D eigenvalue weighted by atomic mass is 10.0. The number of benzene rings is 9. The van der Waals surface area contributed by atoms with Crippen LogP contribution in [0.2, 0.25) is 0 Å². The van der Waals surface area contributed by atoms with Gasteiger partial charge in [-0.25, -0.2) is 15.0 Å². The molecule has 12 aromatic rings. The molecule has 0 saturated carbocycles. The van der Waals surface area contributed by atoms with Crippen molar-refractivity contribution in [3.63, 3.8) is 0 Å². The van der Waals surface area contributed by atoms with Crippen molar-refractivity contribution < 1.29 is 0 Å². The second kappa shape index (κ2) is 12.8. The lowest BCUT2D eigenvalue weighted by Gasteiger charge is -2.12. The standard InChI is InChI=1S/C53H33N5/c1-2-17-39(18-3-1)57-47-23-10-8-20-42(47)44-30-27-38(33-49(44)57)52-54-51(55-53(56-52)45-22-12-16-34-13-6-7-19-41(34)45)35-25-28-40(29-26-35)58-48-24-11-9-21-43(48)46-31-36-14-4-5-15-37(36)32-50(46)58/h1-33H. The molecule has 0 radical (unpaired) electrons. The quantitative estimate of drug-likeness (QED) is 0.177. The van der Waals surface area contributed by atoms with Crippen LogP contribution in [-0.2, 0) is 0 Å². The number of fused-ring (bicyclic) bond motifs is 8. The highest BCUT2D eigenvalue weighted by Crippen LogP contribution is 2.38. The molecule has 0 aliphatic rings. The van der Waals surface area contributed by atoms with Crippen molar-refractivity contribution in [1.29, 1.82) is 0 Å². The Balaban J connectivity index is 1.05. The molecule has 0 atom stereocenters. The van der Waals surface area contributed by atoms with Gasteiger partial charge in [0.2, 0.25) is 0 Å². The summed E-state index contributed by atoms with van der Waals surface area (Å²) in [5.41, 5.74) is 9.60. The highest BCUT2D eigenvalue weighted by atomic mass is 15.0. The summed E-state index contributed by atoms with van der Waals surface area (Å²) < 4.78 is 4.69. The van der Waals surface area contributed by atoms with Crippen LogP contribution in [0.1, 0.15) is 0 Å². The largest absolute Gasteiger partial charge is 0.309 e. The summed E-state index contributed by atoms with van der Waals surface area (Å²) in [6.07, 6.45) is 0. The highest BCUT2D eigenvalue weighted by Gasteiger charge is 2.19. The molecular weight excluding hydrogens is 707 g/mol. The summed E-state index contributed by atoms with van der Waals surface area (Å²) in [6, 6.07) is 70.9. The predicted molar refractivity (Wildman–Crippen MR) is 240 cm³/mol. The molecule has 0 fully saturated rings. The van der Waals surface area contributed by atoms with Gasteiger partial charge in [-0.15, -0.1) is 0 Å². The van der Waals surface area contributed by atoms with Gasteiger partial charge < -0.3 is 9.13 Å². The van der Waals surface area contributed by atoms with Gasteiger partial charge >= 0.3 is 0 Å². The number of aromatic nitrogens is 5. The summed E-state index contributed by atoms with van der Waals surface area (Å²) >= 11 is 0. The predicted octanol–water partition coefficient (Wildman–Crippen LogP) is 13.4. The molecule has 0 N–H and O–H groups in total. The van der Waals surface area contributed by atoms with Crippen molar-refractivity contribution in [2.45, 2.75) is 0 Å². The Bertz CT molecular complexity index is 3560. The van der Waals surface area contributed by atoms with Gasteiger partial charge in [0, 0.05) is 49.6 Å². The molecule has 270 valence electrons. The maximum atomic E-state index is 5.23. The molecule has 5 nitrogen and oxygen atoms in total. The van der Waals surface area contributed by atoms with E-state index in [1.807, 2.05) is 0 Å². The molecule has 0 saturated heterocycles. The number of nitrogens with zero attached hydrogens (tertiary/aromatic N) is 5. The molecule has 0 aliphatic heterocycles. The second-order valence-electron chi connectivity index (χ2n) is 14.9. The van der Waals surface area contributed by atoms with Crippen LogP contribution in [0.4, 0.5) is 0 Å². The van der Waals surface area contributed by atoms with E-state index in [4.69, 9.17) is 15.0 Å². The average molecular weight is 740 g/mol. The lowest BCUT2D eigenvalue weighted by Crippen LogP contribution is -2.01. The van der Waals surface area contributed by atoms with E-state index in [1.165, 1.54) is 43.4 Å². The van der Waals surface area contributed by atoms with Crippen LogP contribution in [0, 0.1) is 0 Å². The first kappa shape index (κ1) is 32.4. The first-order chi connectivity index (χ1) is 28.7. The van der Waals surface area contributed by atoms with Crippen LogP contribution in [0.15, 0.2) is 200 Å². The van der Waals surface area contributed by atoms with Gasteiger partial charge in [-0.1, -0.05) is 133 Å². The fourth-order valence-electron chi connectivity index (χ4n) is 8.83. The van der Waals surface area contributed by atoms with Gasteiger partial charge in [0.25, 0.3) is 0 Å². The van der Waals surface area contributed by atoms with E-state index in [0.717, 1.165) is 49.9 Å². The Morgan fingerprint density at radius 1 is 0.276 bits per heavy atom. The molecule has 0 bridgehead atoms. The van der Waals surface area contributed by atoms with Gasteiger partial charge in [-0.3, -0.25) is 0 Å². The van der Waals surface area contributed by atoms with E-state index in [0.29, 0.717) is 17.5 Å². The summed E-state index contributed by atoms with van der Waals surface area (Å²) in [4.78, 5) is 15.7. The van der Waals surface area contributed by atoms with Gasteiger partial charge in [0.1, 0.15) is 0 Å². The molecule has 12 rings (SSSR count). The fraction of sp³-hybridized carbons (Fsp3) is 0. The smallest absolute Gasteiger partial charge is 0.164 e. The minimum absolute atomic E-state index is 0.622. The Kier molecular flexibility index (Phi) is 7.16. The molecule has 3 heterocycles. The zero-order valence-electron chi connectivity index (χ0n) is 31.3. The van der Waals surface area contributed by atoms with Crippen LogP contribution in [-0.4, -0.2) is 24.1 Å². The van der Waals surface area contributed by atoms with Crippen molar-refractivity contribution in [3.05, 3.63) is 200 Å². The van der Waals surface area contributed by atoms with E-state index in [2.05, 4.69) is 209 Å². The maximum absolute atomic E-state index is 5.23. The molecule has 0 unspecified atom stereocenters. The SMILES string of the molecule is c1ccc(-n2c3ccccc3c3ccc(-c4nc(-c5ccc(-n6c7ccccc7c7cc8ccccc8cc76)cc5)nc(-c5cccc6ccccc56)n4)cc32)cc1. The molecular formula is C53H33N5. The average Bonchev–Trinajstić information content (AvgIpc) is 3.80. The summed E-state index contributed by atoms with van der Waals surface area (Å²) in [6.45, 7) is 0. The number of hydrogen-bond donors (Lipinski definition) is 0. The zero-order valence-corrected chi connectivity index (χ0v) is 31.3. The van der Waals surface area contributed by atoms with Crippen molar-refractivity contribution in [2.75, 3.05) is 0 Å². The molecule has 0 aliphatic carbocycles. The third-order valence-corrected chi connectivity index (χ3v) is 11.5. The summed E-state index contributed by atoms with van der Waals surface area (Å²) in [5, 5.41) is 9.56. The van der Waals surface area contributed by atoms with Crippen molar-refractivity contribution in [2.24, 2.45) is 0 Å².